The molecule has 0 aromatic heterocycles. The molecule has 0 fully saturated rings. The Morgan fingerprint density at radius 3 is 2.03 bits per heavy atom. The molecule has 0 saturated heterocycles. The van der Waals surface area contributed by atoms with Gasteiger partial charge in [0.1, 0.15) is 0 Å². The Kier molecular flexibility index (Phi) is 4.21. The first-order valence-electron chi connectivity index (χ1n) is 10.4. The zero-order valence-electron chi connectivity index (χ0n) is 16.9. The molecule has 0 aliphatic carbocycles. The van der Waals surface area contributed by atoms with Crippen LogP contribution in [0, 0.1) is 0 Å². The molecule has 1 aliphatic heterocycles. The molecular formula is C29H20O2. The molecule has 0 radical (unpaired) electrons. The first kappa shape index (κ1) is 17.8. The monoisotopic (exact) mass is 400 g/mol. The van der Waals surface area contributed by atoms with Crippen LogP contribution in [0.5, 0.6) is 11.5 Å². The predicted octanol–water partition coefficient (Wildman–Crippen LogP) is 7.57. The van der Waals surface area contributed by atoms with Crippen LogP contribution in [0.25, 0.3) is 44.2 Å². The molecule has 2 nitrogen and oxygen atoms in total. The van der Waals surface area contributed by atoms with Crippen molar-refractivity contribution in [1.29, 1.82) is 0 Å². The van der Waals surface area contributed by atoms with E-state index in [1.807, 2.05) is 12.1 Å². The molecular weight excluding hydrogens is 380 g/mol. The molecule has 0 N–H and O–H groups in total. The van der Waals surface area contributed by atoms with E-state index in [0.29, 0.717) is 0 Å². The average Bonchev–Trinajstić information content (AvgIpc) is 3.32. The topological polar surface area (TPSA) is 18.5 Å². The molecule has 5 aromatic rings. The van der Waals surface area contributed by atoms with Crippen LogP contribution in [-0.4, -0.2) is 6.79 Å². The molecule has 2 heteroatoms. The Morgan fingerprint density at radius 1 is 0.419 bits per heavy atom. The zero-order chi connectivity index (χ0) is 20.6. The maximum absolute atomic E-state index is 5.65. The molecule has 0 atom stereocenters. The van der Waals surface area contributed by atoms with E-state index in [1.54, 1.807) is 0 Å². The van der Waals surface area contributed by atoms with Crippen molar-refractivity contribution in [2.45, 2.75) is 0 Å². The van der Waals surface area contributed by atoms with Crippen LogP contribution in [0.3, 0.4) is 0 Å². The summed E-state index contributed by atoms with van der Waals surface area (Å²) in [5, 5.41) is 2.50. The predicted molar refractivity (Wildman–Crippen MR) is 126 cm³/mol. The summed E-state index contributed by atoms with van der Waals surface area (Å²) in [7, 11) is 0. The van der Waals surface area contributed by atoms with E-state index in [-0.39, 0.29) is 6.79 Å². The van der Waals surface area contributed by atoms with E-state index in [0.717, 1.165) is 17.1 Å². The van der Waals surface area contributed by atoms with Crippen molar-refractivity contribution in [3.05, 3.63) is 109 Å². The molecule has 0 bridgehead atoms. The molecule has 0 saturated carbocycles. The van der Waals surface area contributed by atoms with Gasteiger partial charge in [-0.05, 0) is 68.4 Å². The van der Waals surface area contributed by atoms with Crippen molar-refractivity contribution in [3.8, 4) is 44.9 Å². The lowest BCUT2D eigenvalue weighted by atomic mass is 9.90. The Morgan fingerprint density at radius 2 is 1.13 bits per heavy atom. The SMILES string of the molecule is c1ccc(-c2ccc(-c3ccc4ccccc4c3)cc2-c2ccc3c(c2)OCO3)cc1. The second-order valence-corrected chi connectivity index (χ2v) is 7.76. The summed E-state index contributed by atoms with van der Waals surface area (Å²) in [5.74, 6) is 1.60. The minimum atomic E-state index is 0.279. The van der Waals surface area contributed by atoms with Gasteiger partial charge in [0.25, 0.3) is 0 Å². The molecule has 1 heterocycles. The lowest BCUT2D eigenvalue weighted by Gasteiger charge is -2.14. The van der Waals surface area contributed by atoms with Crippen molar-refractivity contribution in [1.82, 2.24) is 0 Å². The highest BCUT2D eigenvalue weighted by Gasteiger charge is 2.16. The van der Waals surface area contributed by atoms with Gasteiger partial charge in [0.05, 0.1) is 0 Å². The fraction of sp³-hybridized carbons (Fsp3) is 0.0345. The van der Waals surface area contributed by atoms with Crippen molar-refractivity contribution in [2.24, 2.45) is 0 Å². The summed E-state index contributed by atoms with van der Waals surface area (Å²) in [5.41, 5.74) is 7.09. The Labute approximate surface area is 181 Å². The van der Waals surface area contributed by atoms with Gasteiger partial charge in [-0.15, -0.1) is 0 Å². The summed E-state index contributed by atoms with van der Waals surface area (Å²) in [4.78, 5) is 0. The fourth-order valence-corrected chi connectivity index (χ4v) is 4.27. The van der Waals surface area contributed by atoms with Gasteiger partial charge in [0, 0.05) is 0 Å². The van der Waals surface area contributed by atoms with Gasteiger partial charge in [-0.25, -0.2) is 0 Å². The van der Waals surface area contributed by atoms with Gasteiger partial charge in [0.2, 0.25) is 6.79 Å². The largest absolute Gasteiger partial charge is 0.454 e. The maximum Gasteiger partial charge on any atom is 0.231 e. The highest BCUT2D eigenvalue weighted by atomic mass is 16.7. The molecule has 6 rings (SSSR count). The van der Waals surface area contributed by atoms with Crippen molar-refractivity contribution < 1.29 is 9.47 Å². The number of hydrogen-bond acceptors (Lipinski definition) is 2. The van der Waals surface area contributed by atoms with Crippen LogP contribution in [0.2, 0.25) is 0 Å². The molecule has 148 valence electrons. The van der Waals surface area contributed by atoms with Crippen LogP contribution in [0.4, 0.5) is 0 Å². The number of fused-ring (bicyclic) bond motifs is 2. The van der Waals surface area contributed by atoms with Crippen molar-refractivity contribution in [2.75, 3.05) is 6.79 Å². The number of hydrogen-bond donors (Lipinski definition) is 0. The van der Waals surface area contributed by atoms with E-state index in [2.05, 4.69) is 97.1 Å². The van der Waals surface area contributed by atoms with Crippen molar-refractivity contribution >= 4 is 10.8 Å². The van der Waals surface area contributed by atoms with Gasteiger partial charge in [-0.3, -0.25) is 0 Å². The van der Waals surface area contributed by atoms with Crippen LogP contribution in [0.1, 0.15) is 0 Å². The highest BCUT2D eigenvalue weighted by Crippen LogP contribution is 2.41. The summed E-state index contributed by atoms with van der Waals surface area (Å²) < 4.78 is 11.2. The van der Waals surface area contributed by atoms with Gasteiger partial charge < -0.3 is 9.47 Å². The first-order valence-corrected chi connectivity index (χ1v) is 10.4. The second kappa shape index (κ2) is 7.33. The molecule has 1 aliphatic rings. The molecule has 5 aromatic carbocycles. The Bertz CT molecular complexity index is 1400. The highest BCUT2D eigenvalue weighted by molar-refractivity contribution is 5.91. The average molecular weight is 400 g/mol. The van der Waals surface area contributed by atoms with E-state index in [4.69, 9.17) is 9.47 Å². The van der Waals surface area contributed by atoms with E-state index >= 15 is 0 Å². The molecule has 0 spiro atoms. The fourth-order valence-electron chi connectivity index (χ4n) is 4.27. The number of ether oxygens (including phenoxy) is 2. The quantitative estimate of drug-likeness (QED) is 0.311. The summed E-state index contributed by atoms with van der Waals surface area (Å²) in [6, 6.07) is 38.5. The standard InChI is InChI=1S/C29H20O2/c1-2-7-21(8-3-1)26-14-12-24(23-11-10-20-6-4-5-9-22(20)16-23)17-27(26)25-13-15-28-29(18-25)31-19-30-28/h1-18H,19H2. The minimum absolute atomic E-state index is 0.279. The van der Waals surface area contributed by atoms with Gasteiger partial charge in [0.15, 0.2) is 11.5 Å². The van der Waals surface area contributed by atoms with E-state index < -0.39 is 0 Å². The third kappa shape index (κ3) is 3.23. The summed E-state index contributed by atoms with van der Waals surface area (Å²) in [6.45, 7) is 0.279. The van der Waals surface area contributed by atoms with Crippen LogP contribution < -0.4 is 9.47 Å². The van der Waals surface area contributed by atoms with Crippen molar-refractivity contribution in [3.63, 3.8) is 0 Å². The van der Waals surface area contributed by atoms with E-state index in [1.165, 1.54) is 38.6 Å². The first-order chi connectivity index (χ1) is 15.3. The minimum Gasteiger partial charge on any atom is -0.454 e. The van der Waals surface area contributed by atoms with Gasteiger partial charge in [-0.2, -0.15) is 0 Å². The molecule has 31 heavy (non-hydrogen) atoms. The Hall–Kier alpha value is -4.04. The second-order valence-electron chi connectivity index (χ2n) is 7.76. The molecule has 0 amide bonds. The van der Waals surface area contributed by atoms with E-state index in [9.17, 15) is 0 Å². The van der Waals surface area contributed by atoms with Gasteiger partial charge in [-0.1, -0.05) is 84.9 Å². The molecule has 0 unspecified atom stereocenters. The maximum atomic E-state index is 5.65. The van der Waals surface area contributed by atoms with Crippen LogP contribution in [0.15, 0.2) is 109 Å². The zero-order valence-corrected chi connectivity index (χ0v) is 16.9. The Balaban J connectivity index is 1.54. The van der Waals surface area contributed by atoms with Crippen LogP contribution >= 0.6 is 0 Å². The summed E-state index contributed by atoms with van der Waals surface area (Å²) in [6.07, 6.45) is 0. The number of rotatable bonds is 3. The third-order valence-corrected chi connectivity index (χ3v) is 5.87. The summed E-state index contributed by atoms with van der Waals surface area (Å²) >= 11 is 0. The normalized spacial score (nSPS) is 12.3. The van der Waals surface area contributed by atoms with Gasteiger partial charge >= 0.3 is 0 Å². The lowest BCUT2D eigenvalue weighted by Crippen LogP contribution is -1.92. The third-order valence-electron chi connectivity index (χ3n) is 5.87. The number of benzene rings is 5. The van der Waals surface area contributed by atoms with Crippen LogP contribution in [-0.2, 0) is 0 Å². The lowest BCUT2D eigenvalue weighted by molar-refractivity contribution is 0.174. The smallest absolute Gasteiger partial charge is 0.231 e.